The number of ether oxygens (including phenoxy) is 1. The first-order valence-electron chi connectivity index (χ1n) is 9.49. The van der Waals surface area contributed by atoms with Gasteiger partial charge in [0.1, 0.15) is 6.10 Å². The van der Waals surface area contributed by atoms with Crippen LogP contribution < -0.4 is 0 Å². The molecule has 0 aromatic carbocycles. The maximum atomic E-state index is 12.4. The van der Waals surface area contributed by atoms with Crippen LogP contribution in [0.4, 0.5) is 0 Å². The molecule has 136 valence electrons. The lowest BCUT2D eigenvalue weighted by molar-refractivity contribution is -0.165. The molecule has 0 aliphatic heterocycles. The summed E-state index contributed by atoms with van der Waals surface area (Å²) >= 11 is 0. The van der Waals surface area contributed by atoms with E-state index in [9.17, 15) is 9.90 Å². The van der Waals surface area contributed by atoms with Crippen LogP contribution in [-0.2, 0) is 9.53 Å². The van der Waals surface area contributed by atoms with E-state index in [0.717, 1.165) is 18.4 Å². The zero-order valence-electron chi connectivity index (χ0n) is 16.1. The highest BCUT2D eigenvalue weighted by Crippen LogP contribution is 2.53. The van der Waals surface area contributed by atoms with E-state index in [1.165, 1.54) is 0 Å². The monoisotopic (exact) mass is 334 g/mol. The van der Waals surface area contributed by atoms with E-state index in [2.05, 4.69) is 39.8 Å². The quantitative estimate of drug-likeness (QED) is 0.753. The number of carbonyl (C=O) groups excluding carboxylic acids is 1. The Morgan fingerprint density at radius 1 is 1.42 bits per heavy atom. The van der Waals surface area contributed by atoms with E-state index in [0.29, 0.717) is 24.2 Å². The molecule has 0 bridgehead atoms. The number of aliphatic hydroxyl groups excluding tert-OH is 1. The number of carbonyl (C=O) groups is 1. The molecule has 3 nitrogen and oxygen atoms in total. The minimum absolute atomic E-state index is 0.0970. The molecule has 0 unspecified atom stereocenters. The number of aliphatic hydroxyl groups is 1. The molecular weight excluding hydrogens is 300 g/mol. The maximum Gasteiger partial charge on any atom is 0.308 e. The third-order valence-corrected chi connectivity index (χ3v) is 6.10. The van der Waals surface area contributed by atoms with Crippen molar-refractivity contribution in [2.75, 3.05) is 0 Å². The van der Waals surface area contributed by atoms with Crippen molar-refractivity contribution in [3.8, 4) is 0 Å². The van der Waals surface area contributed by atoms with Gasteiger partial charge in [0, 0.05) is 11.8 Å². The van der Waals surface area contributed by atoms with Crippen molar-refractivity contribution >= 4 is 5.97 Å². The third-order valence-electron chi connectivity index (χ3n) is 6.10. The van der Waals surface area contributed by atoms with E-state index < -0.39 is 6.10 Å². The van der Waals surface area contributed by atoms with Crippen molar-refractivity contribution in [3.05, 3.63) is 23.8 Å². The molecule has 0 radical (unpaired) electrons. The largest absolute Gasteiger partial charge is 0.461 e. The molecule has 2 aliphatic rings. The molecule has 0 saturated carbocycles. The summed E-state index contributed by atoms with van der Waals surface area (Å²) in [6.07, 6.45) is 7.90. The zero-order chi connectivity index (χ0) is 18.1. The molecule has 24 heavy (non-hydrogen) atoms. The summed E-state index contributed by atoms with van der Waals surface area (Å²) < 4.78 is 5.97. The standard InChI is InChI=1S/C21H34O3/c1-7-14(4)20(23)24-19-12-17(22)11-16-9-8-15(5)18(10-13(2)3)21(16,19)6/h8-9,11,13-15,17-19,22H,7,10,12H2,1-6H3/t14-,15-,17+,18-,19-,21-/m0/s1. The van der Waals surface area contributed by atoms with Crippen molar-refractivity contribution < 1.29 is 14.6 Å². The lowest BCUT2D eigenvalue weighted by atomic mass is 9.56. The van der Waals surface area contributed by atoms with Crippen molar-refractivity contribution in [1.82, 2.24) is 0 Å². The van der Waals surface area contributed by atoms with Gasteiger partial charge in [-0.15, -0.1) is 0 Å². The van der Waals surface area contributed by atoms with Gasteiger partial charge in [-0.2, -0.15) is 0 Å². The highest BCUT2D eigenvalue weighted by molar-refractivity contribution is 5.72. The summed E-state index contributed by atoms with van der Waals surface area (Å²) in [5, 5.41) is 10.3. The Labute approximate surface area is 147 Å². The third kappa shape index (κ3) is 3.61. The Hall–Kier alpha value is -1.09. The average molecular weight is 335 g/mol. The fourth-order valence-corrected chi connectivity index (χ4v) is 4.29. The van der Waals surface area contributed by atoms with Gasteiger partial charge in [-0.3, -0.25) is 4.79 Å². The molecule has 0 heterocycles. The van der Waals surface area contributed by atoms with Gasteiger partial charge in [0.05, 0.1) is 12.0 Å². The van der Waals surface area contributed by atoms with Crippen LogP contribution >= 0.6 is 0 Å². The molecular formula is C21H34O3. The molecule has 1 N–H and O–H groups in total. The molecule has 0 aromatic heterocycles. The summed E-state index contributed by atoms with van der Waals surface area (Å²) in [5.74, 6) is 1.20. The molecule has 2 aliphatic carbocycles. The van der Waals surface area contributed by atoms with Crippen molar-refractivity contribution in [1.29, 1.82) is 0 Å². The highest BCUT2D eigenvalue weighted by Gasteiger charge is 2.51. The highest BCUT2D eigenvalue weighted by atomic mass is 16.5. The van der Waals surface area contributed by atoms with Gasteiger partial charge in [0.2, 0.25) is 0 Å². The Morgan fingerprint density at radius 3 is 2.67 bits per heavy atom. The number of rotatable bonds is 5. The fourth-order valence-electron chi connectivity index (χ4n) is 4.29. The molecule has 0 spiro atoms. The normalized spacial score (nSPS) is 36.9. The first-order chi connectivity index (χ1) is 11.2. The topological polar surface area (TPSA) is 46.5 Å². The van der Waals surface area contributed by atoms with Crippen molar-refractivity contribution in [3.63, 3.8) is 0 Å². The summed E-state index contributed by atoms with van der Waals surface area (Å²) in [6, 6.07) is 0. The lowest BCUT2D eigenvalue weighted by Gasteiger charge is -2.51. The molecule has 0 fully saturated rings. The van der Waals surface area contributed by atoms with Crippen LogP contribution in [0.25, 0.3) is 0 Å². The summed E-state index contributed by atoms with van der Waals surface area (Å²) in [6.45, 7) is 12.9. The minimum atomic E-state index is -0.541. The molecule has 3 heteroatoms. The van der Waals surface area contributed by atoms with Gasteiger partial charge in [0.15, 0.2) is 0 Å². The summed E-state index contributed by atoms with van der Waals surface area (Å²) in [7, 11) is 0. The average Bonchev–Trinajstić information content (AvgIpc) is 2.51. The van der Waals surface area contributed by atoms with E-state index >= 15 is 0 Å². The van der Waals surface area contributed by atoms with E-state index in [1.54, 1.807) is 0 Å². The second kappa shape index (κ2) is 7.43. The van der Waals surface area contributed by atoms with Crippen molar-refractivity contribution in [2.45, 2.75) is 73.0 Å². The predicted octanol–water partition coefficient (Wildman–Crippen LogP) is 4.51. The van der Waals surface area contributed by atoms with Crippen LogP contribution in [0.5, 0.6) is 0 Å². The first kappa shape index (κ1) is 19.2. The van der Waals surface area contributed by atoms with Gasteiger partial charge in [-0.25, -0.2) is 0 Å². The molecule has 0 saturated heterocycles. The van der Waals surface area contributed by atoms with Crippen molar-refractivity contribution in [2.24, 2.45) is 29.1 Å². The number of esters is 1. The molecule has 6 atom stereocenters. The minimum Gasteiger partial charge on any atom is -0.461 e. The van der Waals surface area contributed by atoms with Crippen LogP contribution in [-0.4, -0.2) is 23.3 Å². The van der Waals surface area contributed by atoms with Crippen LogP contribution in [0.3, 0.4) is 0 Å². The number of fused-ring (bicyclic) bond motifs is 1. The van der Waals surface area contributed by atoms with E-state index in [-0.39, 0.29) is 23.4 Å². The molecule has 0 amide bonds. The number of hydrogen-bond acceptors (Lipinski definition) is 3. The van der Waals surface area contributed by atoms with Crippen LogP contribution in [0.1, 0.15) is 60.8 Å². The summed E-state index contributed by atoms with van der Waals surface area (Å²) in [5.41, 5.74) is 0.910. The predicted molar refractivity (Wildman–Crippen MR) is 97.4 cm³/mol. The van der Waals surface area contributed by atoms with Gasteiger partial charge in [-0.1, -0.05) is 59.8 Å². The van der Waals surface area contributed by atoms with Gasteiger partial charge in [-0.05, 0) is 36.2 Å². The number of allylic oxidation sites excluding steroid dienone is 2. The van der Waals surface area contributed by atoms with Crippen LogP contribution in [0, 0.1) is 29.1 Å². The second-order valence-electron chi connectivity index (χ2n) is 8.40. The van der Waals surface area contributed by atoms with Gasteiger partial charge >= 0.3 is 5.97 Å². The Morgan fingerprint density at radius 2 is 2.08 bits per heavy atom. The van der Waals surface area contributed by atoms with E-state index in [1.807, 2.05) is 19.9 Å². The first-order valence-corrected chi connectivity index (χ1v) is 9.49. The zero-order valence-corrected chi connectivity index (χ0v) is 16.1. The fraction of sp³-hybridized carbons (Fsp3) is 0.762. The Balaban J connectivity index is 2.38. The molecule has 0 aromatic rings. The Kier molecular flexibility index (Phi) is 5.95. The SMILES string of the molecule is CC[C@H](C)C(=O)O[C@H]1C[C@H](O)C=C2C=C[C@H](C)[C@H](CC(C)C)[C@]21C. The smallest absolute Gasteiger partial charge is 0.308 e. The molecule has 2 rings (SSSR count). The second-order valence-corrected chi connectivity index (χ2v) is 8.40. The van der Waals surface area contributed by atoms with Crippen LogP contribution in [0.2, 0.25) is 0 Å². The number of hydrogen-bond donors (Lipinski definition) is 1. The Bertz CT molecular complexity index is 519. The lowest BCUT2D eigenvalue weighted by Crippen LogP contribution is -2.51. The van der Waals surface area contributed by atoms with Crippen LogP contribution in [0.15, 0.2) is 23.8 Å². The van der Waals surface area contributed by atoms with Gasteiger partial charge < -0.3 is 9.84 Å². The summed E-state index contributed by atoms with van der Waals surface area (Å²) in [4.78, 5) is 12.4. The van der Waals surface area contributed by atoms with Gasteiger partial charge in [0.25, 0.3) is 0 Å². The maximum absolute atomic E-state index is 12.4. The van der Waals surface area contributed by atoms with E-state index in [4.69, 9.17) is 4.74 Å².